The fraction of sp³-hybridized carbons (Fsp3) is 0.350. The summed E-state index contributed by atoms with van der Waals surface area (Å²) in [5.74, 6) is 0.583. The minimum atomic E-state index is -3.69. The molecule has 2 N–H and O–H groups in total. The molecule has 0 bridgehead atoms. The summed E-state index contributed by atoms with van der Waals surface area (Å²) in [4.78, 5) is 11.8. The molecule has 1 amide bonds. The van der Waals surface area contributed by atoms with Crippen LogP contribution in [0.5, 0.6) is 5.75 Å². The van der Waals surface area contributed by atoms with Gasteiger partial charge in [0, 0.05) is 12.2 Å². The molecule has 0 fully saturated rings. The number of anilines is 1. The summed E-state index contributed by atoms with van der Waals surface area (Å²) >= 11 is 0. The van der Waals surface area contributed by atoms with Crippen LogP contribution in [0, 0.1) is 19.8 Å². The van der Waals surface area contributed by atoms with Crippen molar-refractivity contribution in [1.82, 2.24) is 5.32 Å². The highest BCUT2D eigenvalue weighted by molar-refractivity contribution is 7.92. The van der Waals surface area contributed by atoms with E-state index in [0.29, 0.717) is 23.9 Å². The second-order valence-corrected chi connectivity index (χ2v) is 8.54. The third-order valence-corrected chi connectivity index (χ3v) is 5.37. The zero-order valence-corrected chi connectivity index (χ0v) is 16.9. The molecule has 27 heavy (non-hydrogen) atoms. The molecule has 0 aliphatic rings. The molecule has 0 radical (unpaired) electrons. The average Bonchev–Trinajstić information content (AvgIpc) is 2.61. The quantitative estimate of drug-likeness (QED) is 0.725. The minimum Gasteiger partial charge on any atom is -0.484 e. The summed E-state index contributed by atoms with van der Waals surface area (Å²) < 4.78 is 33.0. The average molecular weight is 391 g/mol. The van der Waals surface area contributed by atoms with Gasteiger partial charge in [0.1, 0.15) is 5.75 Å². The van der Waals surface area contributed by atoms with E-state index in [0.717, 1.165) is 11.1 Å². The number of carbonyl (C=O) groups excluding carboxylic acids is 1. The van der Waals surface area contributed by atoms with Gasteiger partial charge in [-0.25, -0.2) is 8.42 Å². The second-order valence-electron chi connectivity index (χ2n) is 6.86. The molecule has 0 saturated carbocycles. The van der Waals surface area contributed by atoms with E-state index in [9.17, 15) is 13.2 Å². The van der Waals surface area contributed by atoms with Crippen molar-refractivity contribution >= 4 is 21.6 Å². The first kappa shape index (κ1) is 20.8. The van der Waals surface area contributed by atoms with Gasteiger partial charge in [-0.05, 0) is 67.3 Å². The number of aryl methyl sites for hydroxylation is 2. The lowest BCUT2D eigenvalue weighted by atomic mass is 10.1. The van der Waals surface area contributed by atoms with Crippen LogP contribution in [0.15, 0.2) is 47.4 Å². The van der Waals surface area contributed by atoms with E-state index in [4.69, 9.17) is 4.74 Å². The van der Waals surface area contributed by atoms with Crippen LogP contribution in [0.3, 0.4) is 0 Å². The lowest BCUT2D eigenvalue weighted by molar-refractivity contribution is -0.123. The maximum Gasteiger partial charge on any atom is 0.261 e. The Morgan fingerprint density at radius 3 is 2.30 bits per heavy atom. The lowest BCUT2D eigenvalue weighted by Crippen LogP contribution is -2.31. The van der Waals surface area contributed by atoms with Crippen molar-refractivity contribution in [3.63, 3.8) is 0 Å². The van der Waals surface area contributed by atoms with Gasteiger partial charge in [-0.1, -0.05) is 19.9 Å². The number of sulfonamides is 1. The molecule has 2 aromatic rings. The fourth-order valence-electron chi connectivity index (χ4n) is 2.25. The van der Waals surface area contributed by atoms with Crippen LogP contribution in [0.1, 0.15) is 25.0 Å². The van der Waals surface area contributed by atoms with Crippen LogP contribution in [-0.2, 0) is 14.8 Å². The summed E-state index contributed by atoms with van der Waals surface area (Å²) in [5.41, 5.74) is 2.62. The molecule has 2 rings (SSSR count). The number of rotatable bonds is 8. The molecule has 0 atom stereocenters. The predicted molar refractivity (Wildman–Crippen MR) is 107 cm³/mol. The van der Waals surface area contributed by atoms with Gasteiger partial charge in [0.15, 0.2) is 6.61 Å². The Morgan fingerprint density at radius 1 is 1.04 bits per heavy atom. The number of nitrogens with one attached hydrogen (secondary N) is 2. The molecule has 7 heteroatoms. The summed E-state index contributed by atoms with van der Waals surface area (Å²) in [6.07, 6.45) is 0. The van der Waals surface area contributed by atoms with Gasteiger partial charge in [-0.2, -0.15) is 0 Å². The highest BCUT2D eigenvalue weighted by Gasteiger charge is 2.15. The van der Waals surface area contributed by atoms with Crippen LogP contribution in [-0.4, -0.2) is 27.5 Å². The highest BCUT2D eigenvalue weighted by Crippen LogP contribution is 2.21. The number of ether oxygens (including phenoxy) is 1. The summed E-state index contributed by atoms with van der Waals surface area (Å²) in [6, 6.07) is 11.4. The van der Waals surface area contributed by atoms with E-state index in [-0.39, 0.29) is 17.4 Å². The van der Waals surface area contributed by atoms with Crippen LogP contribution >= 0.6 is 0 Å². The molecular formula is C20H26N2O4S. The van der Waals surface area contributed by atoms with E-state index in [1.54, 1.807) is 12.1 Å². The van der Waals surface area contributed by atoms with E-state index >= 15 is 0 Å². The van der Waals surface area contributed by atoms with Gasteiger partial charge in [-0.3, -0.25) is 9.52 Å². The van der Waals surface area contributed by atoms with E-state index < -0.39 is 10.0 Å². The summed E-state index contributed by atoms with van der Waals surface area (Å²) in [5, 5.41) is 2.75. The number of benzene rings is 2. The molecule has 0 aliphatic carbocycles. The smallest absolute Gasteiger partial charge is 0.261 e. The van der Waals surface area contributed by atoms with Gasteiger partial charge < -0.3 is 10.1 Å². The third-order valence-electron chi connectivity index (χ3n) is 3.97. The molecule has 0 heterocycles. The van der Waals surface area contributed by atoms with Gasteiger partial charge in [0.2, 0.25) is 0 Å². The van der Waals surface area contributed by atoms with Crippen molar-refractivity contribution in [2.24, 2.45) is 5.92 Å². The van der Waals surface area contributed by atoms with Crippen LogP contribution in [0.4, 0.5) is 5.69 Å². The molecule has 0 saturated heterocycles. The number of hydrogen-bond donors (Lipinski definition) is 2. The van der Waals surface area contributed by atoms with Crippen molar-refractivity contribution in [3.8, 4) is 5.75 Å². The number of hydrogen-bond acceptors (Lipinski definition) is 4. The van der Waals surface area contributed by atoms with Crippen molar-refractivity contribution in [3.05, 3.63) is 53.6 Å². The minimum absolute atomic E-state index is 0.111. The fourth-order valence-corrected chi connectivity index (χ4v) is 3.30. The predicted octanol–water partition coefficient (Wildman–Crippen LogP) is 3.26. The Balaban J connectivity index is 1.98. The summed E-state index contributed by atoms with van der Waals surface area (Å²) in [7, 11) is -3.69. The molecule has 0 aliphatic heterocycles. The van der Waals surface area contributed by atoms with Gasteiger partial charge in [0.05, 0.1) is 4.90 Å². The highest BCUT2D eigenvalue weighted by atomic mass is 32.2. The normalized spacial score (nSPS) is 11.3. The Bertz CT molecular complexity index is 891. The molecule has 0 spiro atoms. The Hall–Kier alpha value is -2.54. The largest absolute Gasteiger partial charge is 0.484 e. The van der Waals surface area contributed by atoms with E-state index in [2.05, 4.69) is 10.0 Å². The lowest BCUT2D eigenvalue weighted by Gasteiger charge is -2.11. The van der Waals surface area contributed by atoms with Crippen molar-refractivity contribution in [2.75, 3.05) is 17.9 Å². The maximum atomic E-state index is 12.5. The third kappa shape index (κ3) is 6.29. The van der Waals surface area contributed by atoms with E-state index in [1.807, 2.05) is 33.8 Å². The summed E-state index contributed by atoms with van der Waals surface area (Å²) in [6.45, 7) is 8.38. The second kappa shape index (κ2) is 8.90. The van der Waals surface area contributed by atoms with Gasteiger partial charge in [-0.15, -0.1) is 0 Å². The SMILES string of the molecule is Cc1ccc(NS(=O)(=O)c2ccc(OCC(=O)NCC(C)C)cc2)cc1C. The molecule has 146 valence electrons. The first-order valence-electron chi connectivity index (χ1n) is 8.77. The molecule has 2 aromatic carbocycles. The van der Waals surface area contributed by atoms with Crippen LogP contribution < -0.4 is 14.8 Å². The monoisotopic (exact) mass is 390 g/mol. The topological polar surface area (TPSA) is 84.5 Å². The first-order chi connectivity index (χ1) is 12.7. The van der Waals surface area contributed by atoms with Gasteiger partial charge in [0.25, 0.3) is 15.9 Å². The van der Waals surface area contributed by atoms with Gasteiger partial charge >= 0.3 is 0 Å². The molecular weight excluding hydrogens is 364 g/mol. The molecule has 0 aromatic heterocycles. The Kier molecular flexibility index (Phi) is 6.85. The maximum absolute atomic E-state index is 12.5. The molecule has 6 nitrogen and oxygen atoms in total. The van der Waals surface area contributed by atoms with Crippen molar-refractivity contribution < 1.29 is 17.9 Å². The van der Waals surface area contributed by atoms with Crippen LogP contribution in [0.25, 0.3) is 0 Å². The number of amides is 1. The Labute approximate surface area is 161 Å². The zero-order chi connectivity index (χ0) is 20.0. The van der Waals surface area contributed by atoms with Crippen molar-refractivity contribution in [2.45, 2.75) is 32.6 Å². The first-order valence-corrected chi connectivity index (χ1v) is 10.3. The zero-order valence-electron chi connectivity index (χ0n) is 16.1. The molecule has 0 unspecified atom stereocenters. The van der Waals surface area contributed by atoms with Crippen molar-refractivity contribution in [1.29, 1.82) is 0 Å². The standard InChI is InChI=1S/C20H26N2O4S/c1-14(2)12-21-20(23)13-26-18-7-9-19(10-8-18)27(24,25)22-17-6-5-15(3)16(4)11-17/h5-11,14,22H,12-13H2,1-4H3,(H,21,23). The van der Waals surface area contributed by atoms with Crippen LogP contribution in [0.2, 0.25) is 0 Å². The van der Waals surface area contributed by atoms with E-state index in [1.165, 1.54) is 24.3 Å². The number of carbonyl (C=O) groups is 1. The Morgan fingerprint density at radius 2 is 1.70 bits per heavy atom.